The van der Waals surface area contributed by atoms with Crippen LogP contribution in [0.2, 0.25) is 0 Å². The van der Waals surface area contributed by atoms with Crippen LogP contribution in [-0.2, 0) is 6.61 Å². The third kappa shape index (κ3) is 4.65. The van der Waals surface area contributed by atoms with Crippen molar-refractivity contribution in [3.63, 3.8) is 0 Å². The molecule has 0 aliphatic carbocycles. The lowest BCUT2D eigenvalue weighted by Gasteiger charge is -2.19. The van der Waals surface area contributed by atoms with Crippen molar-refractivity contribution in [2.75, 3.05) is 7.11 Å². The van der Waals surface area contributed by atoms with E-state index in [1.165, 1.54) is 5.56 Å². The molecule has 158 valence electrons. The summed E-state index contributed by atoms with van der Waals surface area (Å²) in [5.74, 6) is 1.36. The summed E-state index contributed by atoms with van der Waals surface area (Å²) in [6.45, 7) is 4.40. The Kier molecular flexibility index (Phi) is 6.39. The maximum Gasteiger partial charge on any atom is 0.137 e. The van der Waals surface area contributed by atoms with E-state index in [1.807, 2.05) is 30.6 Å². The van der Waals surface area contributed by atoms with Gasteiger partial charge in [-0.25, -0.2) is 4.98 Å². The third-order valence-corrected chi connectivity index (χ3v) is 6.41. The number of aliphatic hydroxyl groups is 1. The number of rotatable bonds is 7. The van der Waals surface area contributed by atoms with Crippen molar-refractivity contribution in [2.24, 2.45) is 5.92 Å². The molecule has 6 heteroatoms. The van der Waals surface area contributed by atoms with Crippen LogP contribution in [0.15, 0.2) is 67.3 Å². The van der Waals surface area contributed by atoms with Crippen molar-refractivity contribution in [3.8, 4) is 27.3 Å². The summed E-state index contributed by atoms with van der Waals surface area (Å²) in [4.78, 5) is 14.4. The topological polar surface area (TPSA) is 68.1 Å². The summed E-state index contributed by atoms with van der Waals surface area (Å²) >= 11 is 1.70. The normalized spacial score (nSPS) is 12.2. The van der Waals surface area contributed by atoms with Gasteiger partial charge in [0.1, 0.15) is 10.8 Å². The van der Waals surface area contributed by atoms with E-state index in [-0.39, 0.29) is 12.5 Å². The van der Waals surface area contributed by atoms with E-state index in [2.05, 4.69) is 48.1 Å². The van der Waals surface area contributed by atoms with E-state index in [0.29, 0.717) is 11.6 Å². The number of aromatic nitrogens is 3. The zero-order chi connectivity index (χ0) is 21.8. The van der Waals surface area contributed by atoms with Crippen LogP contribution in [0.1, 0.15) is 36.0 Å². The van der Waals surface area contributed by atoms with Crippen molar-refractivity contribution in [2.45, 2.75) is 26.4 Å². The molecular weight excluding hydrogens is 406 g/mol. The Bertz CT molecular complexity index is 1140. The first-order valence-electron chi connectivity index (χ1n) is 10.2. The molecule has 0 aliphatic rings. The second kappa shape index (κ2) is 9.37. The van der Waals surface area contributed by atoms with Crippen LogP contribution in [0.3, 0.4) is 0 Å². The van der Waals surface area contributed by atoms with Crippen molar-refractivity contribution in [3.05, 3.63) is 83.5 Å². The highest BCUT2D eigenvalue weighted by Gasteiger charge is 2.22. The molecule has 31 heavy (non-hydrogen) atoms. The summed E-state index contributed by atoms with van der Waals surface area (Å²) in [5.41, 5.74) is 5.06. The minimum atomic E-state index is -0.0501. The van der Waals surface area contributed by atoms with Gasteiger partial charge in [-0.05, 0) is 29.2 Å². The molecule has 1 aromatic carbocycles. The summed E-state index contributed by atoms with van der Waals surface area (Å²) in [5, 5.41) is 10.3. The summed E-state index contributed by atoms with van der Waals surface area (Å²) < 4.78 is 5.29. The van der Waals surface area contributed by atoms with Gasteiger partial charge in [0.25, 0.3) is 0 Å². The van der Waals surface area contributed by atoms with Crippen molar-refractivity contribution in [1.82, 2.24) is 15.0 Å². The van der Waals surface area contributed by atoms with Crippen LogP contribution in [0.25, 0.3) is 21.6 Å². The largest absolute Gasteiger partial charge is 0.495 e. The monoisotopic (exact) mass is 431 g/mol. The Morgan fingerprint density at radius 2 is 1.68 bits per heavy atom. The number of thiazole rings is 1. The highest BCUT2D eigenvalue weighted by Crippen LogP contribution is 2.38. The fraction of sp³-hybridized carbons (Fsp3) is 0.240. The molecule has 0 amide bonds. The highest BCUT2D eigenvalue weighted by atomic mass is 32.1. The molecule has 4 aromatic rings. The molecule has 0 spiro atoms. The molecule has 5 nitrogen and oxygen atoms in total. The predicted octanol–water partition coefficient (Wildman–Crippen LogP) is 5.56. The number of hydrogen-bond acceptors (Lipinski definition) is 6. The molecule has 3 aromatic heterocycles. The highest BCUT2D eigenvalue weighted by molar-refractivity contribution is 7.15. The van der Waals surface area contributed by atoms with Gasteiger partial charge in [-0.1, -0.05) is 44.2 Å². The fourth-order valence-corrected chi connectivity index (χ4v) is 4.82. The molecule has 0 radical (unpaired) electrons. The lowest BCUT2D eigenvalue weighted by molar-refractivity contribution is 0.277. The molecule has 1 atom stereocenters. The molecular formula is C25H25N3O2S. The van der Waals surface area contributed by atoms with E-state index in [1.54, 1.807) is 30.8 Å². The summed E-state index contributed by atoms with van der Waals surface area (Å²) in [6.07, 6.45) is 7.27. The van der Waals surface area contributed by atoms with E-state index in [9.17, 15) is 5.11 Å². The molecule has 1 N–H and O–H groups in total. The maximum atomic E-state index is 9.20. The third-order valence-electron chi connectivity index (χ3n) is 5.28. The Morgan fingerprint density at radius 1 is 0.903 bits per heavy atom. The van der Waals surface area contributed by atoms with Gasteiger partial charge >= 0.3 is 0 Å². The molecule has 0 aliphatic heterocycles. The number of ether oxygens (including phenoxy) is 1. The van der Waals surface area contributed by atoms with E-state index in [0.717, 1.165) is 32.3 Å². The number of aliphatic hydroxyl groups excluding tert-OH is 1. The van der Waals surface area contributed by atoms with Gasteiger partial charge in [-0.2, -0.15) is 0 Å². The average molecular weight is 432 g/mol. The minimum absolute atomic E-state index is 0.0501. The average Bonchev–Trinajstić information content (AvgIpc) is 3.29. The zero-order valence-corrected chi connectivity index (χ0v) is 18.6. The number of pyridine rings is 2. The van der Waals surface area contributed by atoms with Gasteiger partial charge in [-0.15, -0.1) is 11.3 Å². The van der Waals surface area contributed by atoms with Gasteiger partial charge in [0.05, 0.1) is 30.5 Å². The van der Waals surface area contributed by atoms with Crippen molar-refractivity contribution in [1.29, 1.82) is 0 Å². The number of hydrogen-bond donors (Lipinski definition) is 1. The van der Waals surface area contributed by atoms with Gasteiger partial charge in [-0.3, -0.25) is 9.97 Å². The molecule has 3 heterocycles. The van der Waals surface area contributed by atoms with Crippen LogP contribution in [-0.4, -0.2) is 27.2 Å². The van der Waals surface area contributed by atoms with Crippen molar-refractivity contribution >= 4 is 11.3 Å². The lowest BCUT2D eigenvalue weighted by Crippen LogP contribution is -2.08. The second-order valence-corrected chi connectivity index (χ2v) is 8.78. The SMILES string of the molecule is COc1cncc(-c2ccc(C(c3ncc(-c4ccc(CO)nc4)s3)C(C)C)cc2)c1. The lowest BCUT2D eigenvalue weighted by atomic mass is 9.88. The second-order valence-electron chi connectivity index (χ2n) is 7.72. The number of benzene rings is 1. The molecule has 0 bridgehead atoms. The Labute approximate surface area is 186 Å². The maximum absolute atomic E-state index is 9.20. The Morgan fingerprint density at radius 3 is 2.32 bits per heavy atom. The van der Waals surface area contributed by atoms with Crippen LogP contribution < -0.4 is 4.74 Å². The number of methoxy groups -OCH3 is 1. The number of nitrogens with zero attached hydrogens (tertiary/aromatic N) is 3. The Balaban J connectivity index is 1.61. The Hall–Kier alpha value is -3.09. The van der Waals surface area contributed by atoms with Crippen LogP contribution in [0.4, 0.5) is 0 Å². The van der Waals surface area contributed by atoms with Gasteiger partial charge < -0.3 is 9.84 Å². The van der Waals surface area contributed by atoms with Gasteiger partial charge in [0, 0.05) is 35.6 Å². The van der Waals surface area contributed by atoms with E-state index in [4.69, 9.17) is 9.72 Å². The van der Waals surface area contributed by atoms with Crippen LogP contribution in [0.5, 0.6) is 5.75 Å². The first-order valence-corrected chi connectivity index (χ1v) is 11.0. The summed E-state index contributed by atoms with van der Waals surface area (Å²) in [6, 6.07) is 14.4. The molecule has 0 saturated carbocycles. The zero-order valence-electron chi connectivity index (χ0n) is 17.8. The van der Waals surface area contributed by atoms with Crippen molar-refractivity contribution < 1.29 is 9.84 Å². The first-order chi connectivity index (χ1) is 15.1. The summed E-state index contributed by atoms with van der Waals surface area (Å²) in [7, 11) is 1.65. The van der Waals surface area contributed by atoms with Gasteiger partial charge in [0.15, 0.2) is 0 Å². The smallest absolute Gasteiger partial charge is 0.137 e. The molecule has 1 unspecified atom stereocenters. The first kappa shape index (κ1) is 21.2. The molecule has 0 saturated heterocycles. The predicted molar refractivity (Wildman–Crippen MR) is 124 cm³/mol. The quantitative estimate of drug-likeness (QED) is 0.415. The fourth-order valence-electron chi connectivity index (χ4n) is 3.61. The minimum Gasteiger partial charge on any atom is -0.495 e. The van der Waals surface area contributed by atoms with E-state index < -0.39 is 0 Å². The standard InChI is InChI=1S/C25H25N3O2S/c1-16(2)24(25-28-14-23(31-25)19-8-9-21(15-29)27-12-19)18-6-4-17(5-7-18)20-10-22(30-3)13-26-11-20/h4-14,16,24,29H,15H2,1-3H3. The molecule has 0 fully saturated rings. The molecule has 4 rings (SSSR count). The van der Waals surface area contributed by atoms with Crippen LogP contribution in [0, 0.1) is 5.92 Å². The van der Waals surface area contributed by atoms with Gasteiger partial charge in [0.2, 0.25) is 0 Å². The van der Waals surface area contributed by atoms with Crippen LogP contribution >= 0.6 is 11.3 Å². The van der Waals surface area contributed by atoms with E-state index >= 15 is 0 Å².